The summed E-state index contributed by atoms with van der Waals surface area (Å²) in [5, 5.41) is 1.13. The Morgan fingerprint density at radius 1 is 0.837 bits per heavy atom. The molecule has 4 rings (SSSR count). The van der Waals surface area contributed by atoms with Gasteiger partial charge in [0.15, 0.2) is 5.65 Å². The molecule has 3 aromatic rings. The zero-order valence-corrected chi connectivity index (χ0v) is 31.1. The van der Waals surface area contributed by atoms with Gasteiger partial charge in [0.2, 0.25) is 0 Å². The first-order valence-corrected chi connectivity index (χ1v) is 18.7. The fraction of sp³-hybridized carbons (Fsp3) is 0.500. The third-order valence-electron chi connectivity index (χ3n) is 9.41. The molecule has 1 aliphatic heterocycles. The van der Waals surface area contributed by atoms with Crippen LogP contribution in [0, 0.1) is 33.6 Å². The Morgan fingerprint density at radius 3 is 2.04 bits per heavy atom. The third kappa shape index (κ3) is 11.6. The van der Waals surface area contributed by atoms with Gasteiger partial charge in [-0.15, -0.1) is 0 Å². The fourth-order valence-electron chi connectivity index (χ4n) is 6.86. The number of aryl methyl sites for hydroxylation is 4. The molecule has 0 bridgehead atoms. The SMILES string of the molecule is Bc1cc(C)c(-n2cc(C)c3c(N4CCC(COC(=O)CCC/C=C\C/C=C\C/C=C\C/C=C\CCCCC)CC4)nc(C)nc32)c(C)c1. The van der Waals surface area contributed by atoms with Gasteiger partial charge in [-0.2, -0.15) is 0 Å². The van der Waals surface area contributed by atoms with Gasteiger partial charge in [-0.05, 0) is 108 Å². The van der Waals surface area contributed by atoms with Gasteiger partial charge in [0.25, 0.3) is 0 Å². The molecular formula is C42H59BN4O2. The summed E-state index contributed by atoms with van der Waals surface area (Å²) in [4.78, 5) is 24.7. The smallest absolute Gasteiger partial charge is 0.305 e. The lowest BCUT2D eigenvalue weighted by Gasteiger charge is -2.33. The molecule has 1 aromatic carbocycles. The molecule has 0 aliphatic carbocycles. The lowest BCUT2D eigenvalue weighted by atomic mass is 9.91. The average Bonchev–Trinajstić information content (AvgIpc) is 3.39. The number of benzene rings is 1. The van der Waals surface area contributed by atoms with Gasteiger partial charge in [-0.3, -0.25) is 4.79 Å². The predicted molar refractivity (Wildman–Crippen MR) is 210 cm³/mol. The lowest BCUT2D eigenvalue weighted by Crippen LogP contribution is -2.36. The molecule has 49 heavy (non-hydrogen) atoms. The Balaban J connectivity index is 1.15. The van der Waals surface area contributed by atoms with Gasteiger partial charge >= 0.3 is 5.97 Å². The predicted octanol–water partition coefficient (Wildman–Crippen LogP) is 8.82. The number of unbranched alkanes of at least 4 members (excludes halogenated alkanes) is 4. The van der Waals surface area contributed by atoms with E-state index in [4.69, 9.17) is 14.7 Å². The Bertz CT molecular complexity index is 1600. The van der Waals surface area contributed by atoms with Crippen LogP contribution in [-0.4, -0.2) is 48.0 Å². The van der Waals surface area contributed by atoms with Crippen LogP contribution in [0.2, 0.25) is 0 Å². The molecule has 1 aliphatic rings. The molecule has 1 saturated heterocycles. The second kappa shape index (κ2) is 20.0. The maximum absolute atomic E-state index is 12.4. The van der Waals surface area contributed by atoms with Crippen LogP contribution in [0.1, 0.15) is 106 Å². The topological polar surface area (TPSA) is 60.2 Å². The van der Waals surface area contributed by atoms with Crippen molar-refractivity contribution in [2.75, 3.05) is 24.6 Å². The molecular weight excluding hydrogens is 603 g/mol. The van der Waals surface area contributed by atoms with Crippen LogP contribution in [0.15, 0.2) is 66.9 Å². The van der Waals surface area contributed by atoms with Crippen LogP contribution in [0.4, 0.5) is 5.82 Å². The largest absolute Gasteiger partial charge is 0.465 e. The van der Waals surface area contributed by atoms with E-state index in [2.05, 4.69) is 112 Å². The standard InChI is InChI=1S/C42H59BN4O2/c1-6-7-8-9-10-11-12-13-14-15-16-17-18-19-20-21-22-23-38(48)49-31-36-24-26-46(27-25-36)41-39-34(4)30-47(42(39)45-35(5)44-41)40-32(2)28-37(43)29-33(40)3/h10-11,13-14,16-17,19-20,28-30,36H,6-9,12,15,18,21-27,31,43H2,1-5H3/b11-10-,14-13-,17-16-,20-19-. The Morgan fingerprint density at radius 2 is 1.43 bits per heavy atom. The van der Waals surface area contributed by atoms with Gasteiger partial charge in [-0.25, -0.2) is 9.97 Å². The van der Waals surface area contributed by atoms with Gasteiger partial charge < -0.3 is 14.2 Å². The number of aromatic nitrogens is 3. The first-order chi connectivity index (χ1) is 23.8. The van der Waals surface area contributed by atoms with E-state index in [1.165, 1.54) is 53.5 Å². The van der Waals surface area contributed by atoms with Gasteiger partial charge in [0, 0.05) is 25.7 Å². The normalized spacial score (nSPS) is 14.5. The van der Waals surface area contributed by atoms with Crippen LogP contribution < -0.4 is 10.4 Å². The molecule has 0 saturated carbocycles. The van der Waals surface area contributed by atoms with E-state index in [1.807, 2.05) is 6.92 Å². The quantitative estimate of drug-likeness (QED) is 0.0590. The molecule has 0 spiro atoms. The molecule has 0 atom stereocenters. The van der Waals surface area contributed by atoms with Crippen molar-refractivity contribution in [3.05, 3.63) is 89.5 Å². The zero-order chi connectivity index (χ0) is 35.0. The molecule has 3 heterocycles. The second-order valence-corrected chi connectivity index (χ2v) is 13.8. The number of esters is 1. The van der Waals surface area contributed by atoms with E-state index in [0.717, 1.165) is 80.7 Å². The highest BCUT2D eigenvalue weighted by molar-refractivity contribution is 6.32. The highest BCUT2D eigenvalue weighted by Crippen LogP contribution is 2.34. The summed E-state index contributed by atoms with van der Waals surface area (Å²) in [6, 6.07) is 4.48. The molecule has 0 amide bonds. The minimum Gasteiger partial charge on any atom is -0.465 e. The Hall–Kier alpha value is -3.87. The number of allylic oxidation sites excluding steroid dienone is 8. The zero-order valence-electron chi connectivity index (χ0n) is 31.1. The lowest BCUT2D eigenvalue weighted by molar-refractivity contribution is -0.145. The van der Waals surface area contributed by atoms with Gasteiger partial charge in [-0.1, -0.05) is 86.0 Å². The minimum atomic E-state index is -0.0786. The maximum atomic E-state index is 12.4. The second-order valence-electron chi connectivity index (χ2n) is 13.8. The van der Waals surface area contributed by atoms with Crippen LogP contribution in [0.5, 0.6) is 0 Å². The molecule has 7 heteroatoms. The van der Waals surface area contributed by atoms with Crippen molar-refractivity contribution < 1.29 is 9.53 Å². The molecule has 0 radical (unpaired) electrons. The van der Waals surface area contributed by atoms with Crippen LogP contribution in [0.25, 0.3) is 16.7 Å². The van der Waals surface area contributed by atoms with Crippen molar-refractivity contribution in [2.45, 2.75) is 112 Å². The van der Waals surface area contributed by atoms with E-state index >= 15 is 0 Å². The minimum absolute atomic E-state index is 0.0786. The number of nitrogens with zero attached hydrogens (tertiary/aromatic N) is 4. The summed E-state index contributed by atoms with van der Waals surface area (Å²) in [5.74, 6) is 2.11. The van der Waals surface area contributed by atoms with Crippen LogP contribution in [-0.2, 0) is 9.53 Å². The number of carbonyl (C=O) groups is 1. The number of piperidine rings is 1. The number of hydrogen-bond donors (Lipinski definition) is 0. The van der Waals surface area contributed by atoms with E-state index in [9.17, 15) is 4.79 Å². The summed E-state index contributed by atoms with van der Waals surface area (Å²) in [6.07, 6.45) is 32.3. The third-order valence-corrected chi connectivity index (χ3v) is 9.41. The summed E-state index contributed by atoms with van der Waals surface area (Å²) in [5.41, 5.74) is 7.13. The van der Waals surface area contributed by atoms with Crippen molar-refractivity contribution in [1.29, 1.82) is 0 Å². The molecule has 0 N–H and O–H groups in total. The van der Waals surface area contributed by atoms with Crippen molar-refractivity contribution in [1.82, 2.24) is 14.5 Å². The summed E-state index contributed by atoms with van der Waals surface area (Å²) in [7, 11) is 2.15. The molecule has 2 aromatic heterocycles. The summed E-state index contributed by atoms with van der Waals surface area (Å²) < 4.78 is 7.96. The van der Waals surface area contributed by atoms with E-state index in [-0.39, 0.29) is 5.97 Å². The van der Waals surface area contributed by atoms with Crippen LogP contribution in [0.3, 0.4) is 0 Å². The number of ether oxygens (including phenoxy) is 1. The summed E-state index contributed by atoms with van der Waals surface area (Å²) in [6.45, 7) is 13.0. The van der Waals surface area contributed by atoms with E-state index in [0.29, 0.717) is 18.9 Å². The van der Waals surface area contributed by atoms with E-state index in [1.54, 1.807) is 0 Å². The first kappa shape index (κ1) is 37.9. The number of anilines is 1. The average molecular weight is 663 g/mol. The highest BCUT2D eigenvalue weighted by Gasteiger charge is 2.25. The maximum Gasteiger partial charge on any atom is 0.305 e. The number of rotatable bonds is 18. The van der Waals surface area contributed by atoms with Crippen molar-refractivity contribution in [3.63, 3.8) is 0 Å². The monoisotopic (exact) mass is 662 g/mol. The number of hydrogen-bond acceptors (Lipinski definition) is 5. The van der Waals surface area contributed by atoms with Crippen molar-refractivity contribution in [2.24, 2.45) is 5.92 Å². The fourth-order valence-corrected chi connectivity index (χ4v) is 6.86. The summed E-state index contributed by atoms with van der Waals surface area (Å²) >= 11 is 0. The molecule has 1 fully saturated rings. The van der Waals surface area contributed by atoms with E-state index < -0.39 is 0 Å². The number of fused-ring (bicyclic) bond motifs is 1. The van der Waals surface area contributed by atoms with Crippen molar-refractivity contribution in [3.8, 4) is 5.69 Å². The molecule has 262 valence electrons. The molecule has 0 unspecified atom stereocenters. The Kier molecular flexibility index (Phi) is 15.5. The van der Waals surface area contributed by atoms with Crippen LogP contribution >= 0.6 is 0 Å². The Labute approximate surface area is 296 Å². The first-order valence-electron chi connectivity index (χ1n) is 18.7. The number of carbonyl (C=O) groups excluding carboxylic acids is 1. The highest BCUT2D eigenvalue weighted by atomic mass is 16.5. The van der Waals surface area contributed by atoms with Gasteiger partial charge in [0.05, 0.1) is 17.7 Å². The van der Waals surface area contributed by atoms with Crippen molar-refractivity contribution >= 4 is 36.1 Å². The van der Waals surface area contributed by atoms with Gasteiger partial charge in [0.1, 0.15) is 19.5 Å². The molecule has 6 nitrogen and oxygen atoms in total.